The molecule has 6 nitrogen and oxygen atoms in total. The van der Waals surface area contributed by atoms with Crippen LogP contribution < -0.4 is 5.32 Å². The number of carboxylic acid groups (broad SMARTS) is 1. The molecule has 0 bridgehead atoms. The summed E-state index contributed by atoms with van der Waals surface area (Å²) in [6, 6.07) is 8.98. The molecule has 0 aliphatic heterocycles. The Morgan fingerprint density at radius 2 is 2.00 bits per heavy atom. The molecule has 0 saturated heterocycles. The van der Waals surface area contributed by atoms with Crippen LogP contribution in [0.1, 0.15) is 65.8 Å². The first kappa shape index (κ1) is 17.2. The SMILES string of the molecule is Cc1ccccc1[C@@H](CC(=O)O)NC(=O)c1ccn(C2CCCC2)n1. The van der Waals surface area contributed by atoms with E-state index in [9.17, 15) is 14.7 Å². The zero-order chi connectivity index (χ0) is 17.8. The average molecular weight is 341 g/mol. The van der Waals surface area contributed by atoms with E-state index in [-0.39, 0.29) is 12.3 Å². The van der Waals surface area contributed by atoms with Crippen LogP contribution in [0, 0.1) is 6.92 Å². The fourth-order valence-electron chi connectivity index (χ4n) is 3.45. The van der Waals surface area contributed by atoms with Crippen LogP contribution in [0.2, 0.25) is 0 Å². The van der Waals surface area contributed by atoms with E-state index in [1.807, 2.05) is 42.1 Å². The van der Waals surface area contributed by atoms with Crippen LogP contribution in [0.5, 0.6) is 0 Å². The quantitative estimate of drug-likeness (QED) is 0.845. The second kappa shape index (κ2) is 7.51. The molecule has 132 valence electrons. The third-order valence-corrected chi connectivity index (χ3v) is 4.79. The number of aryl methyl sites for hydroxylation is 1. The minimum absolute atomic E-state index is 0.167. The van der Waals surface area contributed by atoms with Gasteiger partial charge in [0.05, 0.1) is 18.5 Å². The van der Waals surface area contributed by atoms with Crippen LogP contribution >= 0.6 is 0 Å². The van der Waals surface area contributed by atoms with Crippen LogP contribution in [-0.4, -0.2) is 26.8 Å². The van der Waals surface area contributed by atoms with Gasteiger partial charge in [-0.05, 0) is 37.0 Å². The molecule has 1 aliphatic carbocycles. The van der Waals surface area contributed by atoms with Crippen LogP contribution in [0.3, 0.4) is 0 Å². The van der Waals surface area contributed by atoms with Gasteiger partial charge in [-0.25, -0.2) is 0 Å². The molecule has 2 N–H and O–H groups in total. The molecule has 2 aromatic rings. The zero-order valence-electron chi connectivity index (χ0n) is 14.3. The van der Waals surface area contributed by atoms with Crippen LogP contribution in [0.4, 0.5) is 0 Å². The minimum atomic E-state index is -0.954. The Balaban J connectivity index is 1.76. The Hall–Kier alpha value is -2.63. The topological polar surface area (TPSA) is 84.2 Å². The monoisotopic (exact) mass is 341 g/mol. The molecule has 0 radical (unpaired) electrons. The molecule has 1 atom stereocenters. The summed E-state index contributed by atoms with van der Waals surface area (Å²) in [5.41, 5.74) is 2.09. The van der Waals surface area contributed by atoms with E-state index in [1.54, 1.807) is 6.07 Å². The van der Waals surface area contributed by atoms with Gasteiger partial charge in [0.2, 0.25) is 0 Å². The fourth-order valence-corrected chi connectivity index (χ4v) is 3.45. The number of hydrogen-bond donors (Lipinski definition) is 2. The summed E-state index contributed by atoms with van der Waals surface area (Å²) < 4.78 is 1.86. The average Bonchev–Trinajstić information content (AvgIpc) is 3.25. The second-order valence-electron chi connectivity index (χ2n) is 6.60. The number of nitrogens with zero attached hydrogens (tertiary/aromatic N) is 2. The lowest BCUT2D eigenvalue weighted by atomic mass is 9.98. The van der Waals surface area contributed by atoms with Gasteiger partial charge in [-0.15, -0.1) is 0 Å². The maximum absolute atomic E-state index is 12.6. The summed E-state index contributed by atoms with van der Waals surface area (Å²) in [5.74, 6) is -1.30. The number of carbonyl (C=O) groups excluding carboxylic acids is 1. The van der Waals surface area contributed by atoms with Crippen molar-refractivity contribution in [2.45, 2.75) is 51.1 Å². The zero-order valence-corrected chi connectivity index (χ0v) is 14.3. The third kappa shape index (κ3) is 4.07. The summed E-state index contributed by atoms with van der Waals surface area (Å²) in [5, 5.41) is 16.4. The molecule has 1 heterocycles. The molecule has 1 aromatic carbocycles. The predicted molar refractivity (Wildman–Crippen MR) is 93.4 cm³/mol. The number of carboxylic acids is 1. The Bertz CT molecular complexity index is 763. The van der Waals surface area contributed by atoms with Gasteiger partial charge in [0, 0.05) is 6.20 Å². The number of hydrogen-bond acceptors (Lipinski definition) is 3. The number of aliphatic carboxylic acids is 1. The summed E-state index contributed by atoms with van der Waals surface area (Å²) in [6.45, 7) is 1.91. The number of carbonyl (C=O) groups is 2. The van der Waals surface area contributed by atoms with Crippen molar-refractivity contribution in [3.8, 4) is 0 Å². The van der Waals surface area contributed by atoms with Crippen molar-refractivity contribution in [3.05, 3.63) is 53.3 Å². The summed E-state index contributed by atoms with van der Waals surface area (Å²) in [7, 11) is 0. The molecule has 1 fully saturated rings. The van der Waals surface area contributed by atoms with Crippen LogP contribution in [0.25, 0.3) is 0 Å². The molecule has 25 heavy (non-hydrogen) atoms. The molecule has 1 aliphatic rings. The molecular formula is C19H23N3O3. The highest BCUT2D eigenvalue weighted by molar-refractivity contribution is 5.92. The van der Waals surface area contributed by atoms with Gasteiger partial charge in [-0.2, -0.15) is 5.10 Å². The van der Waals surface area contributed by atoms with Crippen molar-refractivity contribution in [1.29, 1.82) is 0 Å². The molecule has 3 rings (SSSR count). The van der Waals surface area contributed by atoms with Crippen molar-refractivity contribution in [1.82, 2.24) is 15.1 Å². The van der Waals surface area contributed by atoms with Gasteiger partial charge in [0.25, 0.3) is 5.91 Å². The van der Waals surface area contributed by atoms with Gasteiger partial charge in [0.15, 0.2) is 0 Å². The van der Waals surface area contributed by atoms with Crippen molar-refractivity contribution < 1.29 is 14.7 Å². The van der Waals surface area contributed by atoms with E-state index in [1.165, 1.54) is 12.8 Å². The first-order valence-corrected chi connectivity index (χ1v) is 8.68. The molecule has 0 unspecified atom stereocenters. The Morgan fingerprint density at radius 1 is 1.28 bits per heavy atom. The molecule has 6 heteroatoms. The standard InChI is InChI=1S/C19H23N3O3/c1-13-6-2-5-9-15(13)17(12-18(23)24)20-19(25)16-10-11-22(21-16)14-7-3-4-8-14/h2,5-6,9-11,14,17H,3-4,7-8,12H2,1H3,(H,20,25)(H,23,24)/t17-/m1/s1. The number of nitrogens with one attached hydrogen (secondary N) is 1. The number of rotatable bonds is 6. The van der Waals surface area contributed by atoms with Gasteiger partial charge in [-0.3, -0.25) is 14.3 Å². The summed E-state index contributed by atoms with van der Waals surface area (Å²) in [4.78, 5) is 23.8. The Kier molecular flexibility index (Phi) is 5.16. The lowest BCUT2D eigenvalue weighted by Gasteiger charge is -2.19. The molecule has 0 spiro atoms. The second-order valence-corrected chi connectivity index (χ2v) is 6.60. The van der Waals surface area contributed by atoms with E-state index in [0.717, 1.165) is 24.0 Å². The Morgan fingerprint density at radius 3 is 2.68 bits per heavy atom. The number of benzene rings is 1. The molecule has 1 amide bonds. The van der Waals surface area contributed by atoms with E-state index >= 15 is 0 Å². The van der Waals surface area contributed by atoms with E-state index in [2.05, 4.69) is 10.4 Å². The number of aromatic nitrogens is 2. The normalized spacial score (nSPS) is 15.9. The highest BCUT2D eigenvalue weighted by Crippen LogP contribution is 2.28. The maximum Gasteiger partial charge on any atom is 0.305 e. The van der Waals surface area contributed by atoms with Gasteiger partial charge in [-0.1, -0.05) is 37.1 Å². The summed E-state index contributed by atoms with van der Waals surface area (Å²) >= 11 is 0. The van der Waals surface area contributed by atoms with Gasteiger partial charge in [0.1, 0.15) is 5.69 Å². The van der Waals surface area contributed by atoms with Gasteiger partial charge >= 0.3 is 5.97 Å². The first-order chi connectivity index (χ1) is 12.0. The largest absolute Gasteiger partial charge is 0.481 e. The molecular weight excluding hydrogens is 318 g/mol. The fraction of sp³-hybridized carbons (Fsp3) is 0.421. The molecule has 1 aromatic heterocycles. The van der Waals surface area contributed by atoms with Crippen LogP contribution in [-0.2, 0) is 4.79 Å². The van der Waals surface area contributed by atoms with Crippen molar-refractivity contribution in [2.24, 2.45) is 0 Å². The predicted octanol–water partition coefficient (Wildman–Crippen LogP) is 3.25. The third-order valence-electron chi connectivity index (χ3n) is 4.79. The molecule has 1 saturated carbocycles. The van der Waals surface area contributed by atoms with Crippen molar-refractivity contribution in [3.63, 3.8) is 0 Å². The smallest absolute Gasteiger partial charge is 0.305 e. The highest BCUT2D eigenvalue weighted by Gasteiger charge is 2.23. The summed E-state index contributed by atoms with van der Waals surface area (Å²) in [6.07, 6.45) is 6.24. The number of amides is 1. The highest BCUT2D eigenvalue weighted by atomic mass is 16.4. The minimum Gasteiger partial charge on any atom is -0.481 e. The Labute approximate surface area is 146 Å². The maximum atomic E-state index is 12.6. The first-order valence-electron chi connectivity index (χ1n) is 8.68. The van der Waals surface area contributed by atoms with Crippen molar-refractivity contribution >= 4 is 11.9 Å². The lowest BCUT2D eigenvalue weighted by Crippen LogP contribution is -2.31. The van der Waals surface area contributed by atoms with Crippen LogP contribution in [0.15, 0.2) is 36.5 Å². The van der Waals surface area contributed by atoms with E-state index < -0.39 is 12.0 Å². The van der Waals surface area contributed by atoms with E-state index in [0.29, 0.717) is 11.7 Å². The van der Waals surface area contributed by atoms with Gasteiger partial charge < -0.3 is 10.4 Å². The lowest BCUT2D eigenvalue weighted by molar-refractivity contribution is -0.137. The van der Waals surface area contributed by atoms with E-state index in [4.69, 9.17) is 0 Å². The van der Waals surface area contributed by atoms with Crippen molar-refractivity contribution in [2.75, 3.05) is 0 Å².